The molecule has 0 aromatic heterocycles. The van der Waals surface area contributed by atoms with Gasteiger partial charge in [0.1, 0.15) is 5.82 Å². The van der Waals surface area contributed by atoms with E-state index in [0.29, 0.717) is 19.1 Å². The second-order valence-corrected chi connectivity index (χ2v) is 5.08. The van der Waals surface area contributed by atoms with Crippen LogP contribution in [-0.2, 0) is 9.47 Å². The predicted molar refractivity (Wildman–Crippen MR) is 78.8 cm³/mol. The number of hydrogen-bond acceptors (Lipinski definition) is 5. The van der Waals surface area contributed by atoms with E-state index in [-0.39, 0.29) is 23.5 Å². The van der Waals surface area contributed by atoms with Crippen LogP contribution in [0.3, 0.4) is 0 Å². The first-order chi connectivity index (χ1) is 10.1. The third-order valence-corrected chi connectivity index (χ3v) is 3.25. The molecule has 3 N–H and O–H groups in total. The molecule has 0 radical (unpaired) electrons. The second-order valence-electron chi connectivity index (χ2n) is 5.08. The van der Waals surface area contributed by atoms with Gasteiger partial charge in [-0.05, 0) is 37.8 Å². The average molecular weight is 296 g/mol. The summed E-state index contributed by atoms with van der Waals surface area (Å²) in [5.74, 6) is -0.348. The smallest absolute Gasteiger partial charge is 0.340 e. The first-order valence-electron chi connectivity index (χ1n) is 7.19. The fraction of sp³-hybridized carbons (Fsp3) is 0.533. The van der Waals surface area contributed by atoms with Crippen LogP contribution < -0.4 is 11.1 Å². The Bertz CT molecular complexity index is 504. The van der Waals surface area contributed by atoms with Gasteiger partial charge in [0.05, 0.1) is 24.5 Å². The molecule has 2 rings (SSSR count). The monoisotopic (exact) mass is 296 g/mol. The normalized spacial score (nSPS) is 14.0. The molecule has 5 nitrogen and oxygen atoms in total. The number of halogens is 1. The van der Waals surface area contributed by atoms with Gasteiger partial charge < -0.3 is 20.5 Å². The minimum atomic E-state index is -0.553. The third kappa shape index (κ3) is 4.60. The van der Waals surface area contributed by atoms with E-state index in [1.165, 1.54) is 18.9 Å². The highest BCUT2D eigenvalue weighted by atomic mass is 19.1. The van der Waals surface area contributed by atoms with E-state index in [4.69, 9.17) is 15.2 Å². The van der Waals surface area contributed by atoms with Crippen molar-refractivity contribution in [3.8, 4) is 0 Å². The van der Waals surface area contributed by atoms with E-state index in [1.807, 2.05) is 0 Å². The largest absolute Gasteiger partial charge is 0.462 e. The molecule has 0 amide bonds. The molecule has 0 aliphatic heterocycles. The van der Waals surface area contributed by atoms with Gasteiger partial charge in [-0.3, -0.25) is 0 Å². The zero-order valence-corrected chi connectivity index (χ0v) is 12.2. The Kier molecular flexibility index (Phi) is 5.38. The van der Waals surface area contributed by atoms with Crippen molar-refractivity contribution in [3.63, 3.8) is 0 Å². The Hall–Kier alpha value is -1.82. The topological polar surface area (TPSA) is 73.6 Å². The van der Waals surface area contributed by atoms with Crippen molar-refractivity contribution in [3.05, 3.63) is 23.5 Å². The number of ether oxygens (including phenoxy) is 2. The minimum Gasteiger partial charge on any atom is -0.462 e. The second kappa shape index (κ2) is 7.26. The van der Waals surface area contributed by atoms with Gasteiger partial charge in [-0.15, -0.1) is 0 Å². The van der Waals surface area contributed by atoms with Gasteiger partial charge >= 0.3 is 5.97 Å². The van der Waals surface area contributed by atoms with E-state index < -0.39 is 11.8 Å². The lowest BCUT2D eigenvalue weighted by molar-refractivity contribution is 0.0527. The molecule has 1 saturated carbocycles. The zero-order valence-electron chi connectivity index (χ0n) is 12.2. The predicted octanol–water partition coefficient (Wildman–Crippen LogP) is 2.42. The van der Waals surface area contributed by atoms with E-state index in [9.17, 15) is 9.18 Å². The Labute approximate surface area is 123 Å². The average Bonchev–Trinajstić information content (AvgIpc) is 3.25. The molecular formula is C15H21FN2O3. The quantitative estimate of drug-likeness (QED) is 0.438. The molecule has 1 aliphatic carbocycles. The molecule has 1 aliphatic rings. The maximum atomic E-state index is 13.8. The SMILES string of the molecule is CCOC(=O)c1cc(NCCOCC2CC2)c(F)cc1N. The van der Waals surface area contributed by atoms with Crippen molar-refractivity contribution in [2.75, 3.05) is 37.4 Å². The zero-order chi connectivity index (χ0) is 15.2. The molecular weight excluding hydrogens is 275 g/mol. The molecule has 1 aromatic carbocycles. The van der Waals surface area contributed by atoms with E-state index in [1.54, 1.807) is 6.92 Å². The van der Waals surface area contributed by atoms with Crippen molar-refractivity contribution >= 4 is 17.3 Å². The van der Waals surface area contributed by atoms with Crippen LogP contribution in [0.15, 0.2) is 12.1 Å². The standard InChI is InChI=1S/C15H21FN2O3/c1-2-21-15(19)11-7-14(12(16)8-13(11)17)18-5-6-20-9-10-3-4-10/h7-8,10,18H,2-6,9,17H2,1H3. The molecule has 0 heterocycles. The molecule has 116 valence electrons. The number of anilines is 2. The van der Waals surface area contributed by atoms with Gasteiger partial charge in [-0.25, -0.2) is 9.18 Å². The number of nitrogens with one attached hydrogen (secondary N) is 1. The number of carbonyl (C=O) groups is 1. The first-order valence-corrected chi connectivity index (χ1v) is 7.19. The Balaban J connectivity index is 1.90. The van der Waals surface area contributed by atoms with E-state index in [0.717, 1.165) is 12.7 Å². The molecule has 0 saturated heterocycles. The summed E-state index contributed by atoms with van der Waals surface area (Å²) in [5.41, 5.74) is 6.11. The number of nitrogen functional groups attached to an aromatic ring is 1. The van der Waals surface area contributed by atoms with Crippen LogP contribution in [-0.4, -0.2) is 32.3 Å². The van der Waals surface area contributed by atoms with Gasteiger partial charge in [0.25, 0.3) is 0 Å². The number of rotatable bonds is 8. The van der Waals surface area contributed by atoms with Crippen molar-refractivity contribution in [1.82, 2.24) is 0 Å². The number of hydrogen-bond donors (Lipinski definition) is 2. The van der Waals surface area contributed by atoms with Gasteiger partial charge in [0.2, 0.25) is 0 Å². The maximum absolute atomic E-state index is 13.8. The van der Waals surface area contributed by atoms with Crippen LogP contribution >= 0.6 is 0 Å². The van der Waals surface area contributed by atoms with Crippen molar-refractivity contribution < 1.29 is 18.7 Å². The number of esters is 1. The minimum absolute atomic E-state index is 0.0708. The van der Waals surface area contributed by atoms with E-state index >= 15 is 0 Å². The highest BCUT2D eigenvalue weighted by Gasteiger charge is 2.21. The summed E-state index contributed by atoms with van der Waals surface area (Å²) in [5, 5.41) is 2.91. The lowest BCUT2D eigenvalue weighted by atomic mass is 10.1. The lowest BCUT2D eigenvalue weighted by Gasteiger charge is -2.11. The highest BCUT2D eigenvalue weighted by molar-refractivity contribution is 5.96. The summed E-state index contributed by atoms with van der Waals surface area (Å²) in [6, 6.07) is 2.50. The number of carbonyl (C=O) groups excluding carboxylic acids is 1. The summed E-state index contributed by atoms with van der Waals surface area (Å²) >= 11 is 0. The molecule has 0 spiro atoms. The Morgan fingerprint density at radius 2 is 2.24 bits per heavy atom. The number of benzene rings is 1. The van der Waals surface area contributed by atoms with Crippen molar-refractivity contribution in [1.29, 1.82) is 0 Å². The summed E-state index contributed by atoms with van der Waals surface area (Å²) in [4.78, 5) is 11.7. The summed E-state index contributed by atoms with van der Waals surface area (Å²) < 4.78 is 24.1. The van der Waals surface area contributed by atoms with Crippen LogP contribution in [0.5, 0.6) is 0 Å². The molecule has 0 unspecified atom stereocenters. The lowest BCUT2D eigenvalue weighted by Crippen LogP contribution is -2.14. The first kappa shape index (κ1) is 15.6. The molecule has 0 atom stereocenters. The highest BCUT2D eigenvalue weighted by Crippen LogP contribution is 2.28. The molecule has 1 aromatic rings. The maximum Gasteiger partial charge on any atom is 0.340 e. The molecule has 21 heavy (non-hydrogen) atoms. The van der Waals surface area contributed by atoms with Gasteiger partial charge in [0, 0.05) is 18.8 Å². The molecule has 1 fully saturated rings. The fourth-order valence-corrected chi connectivity index (χ4v) is 1.90. The molecule has 0 bridgehead atoms. The summed E-state index contributed by atoms with van der Waals surface area (Å²) in [6.45, 7) is 3.67. The van der Waals surface area contributed by atoms with E-state index in [2.05, 4.69) is 5.32 Å². The van der Waals surface area contributed by atoms with Gasteiger partial charge in [0.15, 0.2) is 0 Å². The van der Waals surface area contributed by atoms with Gasteiger partial charge in [-0.1, -0.05) is 0 Å². The van der Waals surface area contributed by atoms with Crippen LogP contribution in [0.1, 0.15) is 30.1 Å². The van der Waals surface area contributed by atoms with Crippen molar-refractivity contribution in [2.45, 2.75) is 19.8 Å². The van der Waals surface area contributed by atoms with Crippen LogP contribution in [0.4, 0.5) is 15.8 Å². The molecule has 6 heteroatoms. The Morgan fingerprint density at radius 3 is 2.90 bits per heavy atom. The van der Waals surface area contributed by atoms with Crippen LogP contribution in [0.25, 0.3) is 0 Å². The Morgan fingerprint density at radius 1 is 1.48 bits per heavy atom. The summed E-state index contributed by atoms with van der Waals surface area (Å²) in [6.07, 6.45) is 2.48. The van der Waals surface area contributed by atoms with Crippen LogP contribution in [0.2, 0.25) is 0 Å². The van der Waals surface area contributed by atoms with Crippen LogP contribution in [0, 0.1) is 11.7 Å². The summed E-state index contributed by atoms with van der Waals surface area (Å²) in [7, 11) is 0. The van der Waals surface area contributed by atoms with Crippen molar-refractivity contribution in [2.24, 2.45) is 5.92 Å². The number of nitrogens with two attached hydrogens (primary N) is 1. The fourth-order valence-electron chi connectivity index (χ4n) is 1.90. The van der Waals surface area contributed by atoms with Gasteiger partial charge in [-0.2, -0.15) is 0 Å². The third-order valence-electron chi connectivity index (χ3n) is 3.25.